The maximum absolute atomic E-state index is 11.3. The molecule has 0 aliphatic rings. The van der Waals surface area contributed by atoms with E-state index in [0.29, 0.717) is 24.9 Å². The third-order valence-electron chi connectivity index (χ3n) is 2.31. The summed E-state index contributed by atoms with van der Waals surface area (Å²) in [7, 11) is 1.80. The fourth-order valence-electron chi connectivity index (χ4n) is 1.53. The van der Waals surface area contributed by atoms with Gasteiger partial charge in [0.05, 0.1) is 24.6 Å². The summed E-state index contributed by atoms with van der Waals surface area (Å²) in [6.07, 6.45) is 0. The Labute approximate surface area is 115 Å². The molecule has 0 saturated carbocycles. The number of esters is 1. The maximum Gasteiger partial charge on any atom is 0.320 e. The fourth-order valence-corrected chi connectivity index (χ4v) is 2.18. The largest absolute Gasteiger partial charge is 0.465 e. The van der Waals surface area contributed by atoms with Gasteiger partial charge in [-0.25, -0.2) is 0 Å². The van der Waals surface area contributed by atoms with E-state index >= 15 is 0 Å². The van der Waals surface area contributed by atoms with Gasteiger partial charge in [-0.15, -0.1) is 21.5 Å². The van der Waals surface area contributed by atoms with Crippen LogP contribution in [0.4, 0.5) is 0 Å². The zero-order valence-electron chi connectivity index (χ0n) is 10.8. The predicted octanol–water partition coefficient (Wildman–Crippen LogP) is 1.79. The zero-order valence-corrected chi connectivity index (χ0v) is 11.6. The van der Waals surface area contributed by atoms with Gasteiger partial charge in [-0.3, -0.25) is 9.69 Å². The van der Waals surface area contributed by atoms with Crippen molar-refractivity contribution in [3.8, 4) is 10.8 Å². The van der Waals surface area contributed by atoms with Gasteiger partial charge in [-0.05, 0) is 25.4 Å². The number of rotatable bonds is 6. The molecule has 0 radical (unpaired) electrons. The SMILES string of the molecule is CCOC(=O)CN(C)Cc1nnc(-c2cccs2)o1. The van der Waals surface area contributed by atoms with E-state index in [1.165, 1.54) is 0 Å². The molecule has 2 rings (SSSR count). The Morgan fingerprint density at radius 1 is 1.53 bits per heavy atom. The van der Waals surface area contributed by atoms with Crippen molar-refractivity contribution in [1.29, 1.82) is 0 Å². The Morgan fingerprint density at radius 3 is 3.05 bits per heavy atom. The van der Waals surface area contributed by atoms with Gasteiger partial charge < -0.3 is 9.15 Å². The third kappa shape index (κ3) is 3.87. The molecule has 0 aliphatic carbocycles. The molecule has 0 aliphatic heterocycles. The van der Waals surface area contributed by atoms with E-state index in [1.54, 1.807) is 30.2 Å². The lowest BCUT2D eigenvalue weighted by molar-refractivity contribution is -0.144. The molecule has 0 aromatic carbocycles. The third-order valence-corrected chi connectivity index (χ3v) is 3.17. The molecule has 0 spiro atoms. The van der Waals surface area contributed by atoms with E-state index < -0.39 is 0 Å². The van der Waals surface area contributed by atoms with Crippen molar-refractivity contribution in [2.75, 3.05) is 20.2 Å². The molecule has 0 atom stereocenters. The van der Waals surface area contributed by atoms with E-state index in [9.17, 15) is 4.79 Å². The molecule has 0 saturated heterocycles. The number of aromatic nitrogens is 2. The lowest BCUT2D eigenvalue weighted by atomic mass is 10.5. The second kappa shape index (κ2) is 6.44. The Balaban J connectivity index is 1.91. The minimum atomic E-state index is -0.261. The number of hydrogen-bond acceptors (Lipinski definition) is 7. The highest BCUT2D eigenvalue weighted by Crippen LogP contribution is 2.23. The van der Waals surface area contributed by atoms with Gasteiger partial charge in [0, 0.05) is 0 Å². The van der Waals surface area contributed by atoms with Crippen LogP contribution in [0.3, 0.4) is 0 Å². The fraction of sp³-hybridized carbons (Fsp3) is 0.417. The molecule has 2 aromatic heterocycles. The molecule has 0 unspecified atom stereocenters. The van der Waals surface area contributed by atoms with Gasteiger partial charge in [0.1, 0.15) is 0 Å². The van der Waals surface area contributed by atoms with Crippen molar-refractivity contribution in [2.45, 2.75) is 13.5 Å². The second-order valence-electron chi connectivity index (χ2n) is 3.96. The highest BCUT2D eigenvalue weighted by atomic mass is 32.1. The molecule has 7 heteroatoms. The number of hydrogen-bond donors (Lipinski definition) is 0. The minimum Gasteiger partial charge on any atom is -0.465 e. The van der Waals surface area contributed by atoms with Gasteiger partial charge >= 0.3 is 5.97 Å². The molecule has 102 valence electrons. The topological polar surface area (TPSA) is 68.5 Å². The van der Waals surface area contributed by atoms with Crippen molar-refractivity contribution in [3.05, 3.63) is 23.4 Å². The summed E-state index contributed by atoms with van der Waals surface area (Å²) in [5.41, 5.74) is 0. The quantitative estimate of drug-likeness (QED) is 0.752. The van der Waals surface area contributed by atoms with Crippen LogP contribution >= 0.6 is 11.3 Å². The van der Waals surface area contributed by atoms with Crippen LogP contribution in [0.2, 0.25) is 0 Å². The lowest BCUT2D eigenvalue weighted by Gasteiger charge is -2.12. The van der Waals surface area contributed by atoms with Gasteiger partial charge in [0.25, 0.3) is 5.89 Å². The number of nitrogens with zero attached hydrogens (tertiary/aromatic N) is 3. The highest BCUT2D eigenvalue weighted by molar-refractivity contribution is 7.13. The average Bonchev–Trinajstić information content (AvgIpc) is 2.98. The van der Waals surface area contributed by atoms with Crippen LogP contribution in [0.1, 0.15) is 12.8 Å². The molecule has 0 fully saturated rings. The molecule has 2 aromatic rings. The van der Waals surface area contributed by atoms with E-state index in [1.807, 2.05) is 17.5 Å². The number of carbonyl (C=O) groups excluding carboxylic acids is 1. The van der Waals surface area contributed by atoms with Crippen molar-refractivity contribution >= 4 is 17.3 Å². The molecule has 6 nitrogen and oxygen atoms in total. The van der Waals surface area contributed by atoms with Crippen molar-refractivity contribution in [2.24, 2.45) is 0 Å². The number of ether oxygens (including phenoxy) is 1. The number of likely N-dealkylation sites (N-methyl/N-ethyl adjacent to an activating group) is 1. The first kappa shape index (κ1) is 13.7. The second-order valence-corrected chi connectivity index (χ2v) is 4.90. The Bertz CT molecular complexity index is 524. The normalized spacial score (nSPS) is 10.9. The molecular weight excluding hydrogens is 266 g/mol. The maximum atomic E-state index is 11.3. The van der Waals surface area contributed by atoms with Gasteiger partial charge in [0.15, 0.2) is 0 Å². The summed E-state index contributed by atoms with van der Waals surface area (Å²) >= 11 is 1.54. The van der Waals surface area contributed by atoms with E-state index in [2.05, 4.69) is 10.2 Å². The summed E-state index contributed by atoms with van der Waals surface area (Å²) in [5, 5.41) is 9.89. The summed E-state index contributed by atoms with van der Waals surface area (Å²) in [5.74, 6) is 0.729. The standard InChI is InChI=1S/C12H15N3O3S/c1-3-17-11(16)8-15(2)7-10-13-14-12(18-10)9-5-4-6-19-9/h4-6H,3,7-8H2,1-2H3. The summed E-state index contributed by atoms with van der Waals surface area (Å²) in [6.45, 7) is 2.78. The number of carbonyl (C=O) groups is 1. The van der Waals surface area contributed by atoms with E-state index in [4.69, 9.17) is 9.15 Å². The summed E-state index contributed by atoms with van der Waals surface area (Å²) < 4.78 is 10.4. The van der Waals surface area contributed by atoms with Gasteiger partial charge in [-0.2, -0.15) is 0 Å². The van der Waals surface area contributed by atoms with E-state index in [-0.39, 0.29) is 12.5 Å². The first-order chi connectivity index (χ1) is 9.19. The average molecular weight is 281 g/mol. The molecule has 19 heavy (non-hydrogen) atoms. The molecule has 0 amide bonds. The monoisotopic (exact) mass is 281 g/mol. The summed E-state index contributed by atoms with van der Waals surface area (Å²) in [6, 6.07) is 3.85. The van der Waals surface area contributed by atoms with Gasteiger partial charge in [0.2, 0.25) is 5.89 Å². The first-order valence-corrected chi connectivity index (χ1v) is 6.77. The van der Waals surface area contributed by atoms with Crippen LogP contribution < -0.4 is 0 Å². The molecule has 0 bridgehead atoms. The van der Waals surface area contributed by atoms with Crippen LogP contribution in [0.25, 0.3) is 10.8 Å². The zero-order chi connectivity index (χ0) is 13.7. The highest BCUT2D eigenvalue weighted by Gasteiger charge is 2.13. The molecule has 2 heterocycles. The smallest absolute Gasteiger partial charge is 0.320 e. The Hall–Kier alpha value is -1.73. The van der Waals surface area contributed by atoms with Crippen molar-refractivity contribution < 1.29 is 13.9 Å². The summed E-state index contributed by atoms with van der Waals surface area (Å²) in [4.78, 5) is 14.0. The van der Waals surface area contributed by atoms with E-state index in [0.717, 1.165) is 4.88 Å². The minimum absolute atomic E-state index is 0.199. The number of thiophene rings is 1. The van der Waals surface area contributed by atoms with Crippen LogP contribution in [-0.4, -0.2) is 41.3 Å². The van der Waals surface area contributed by atoms with Crippen LogP contribution in [0.5, 0.6) is 0 Å². The van der Waals surface area contributed by atoms with Crippen LogP contribution in [0.15, 0.2) is 21.9 Å². The van der Waals surface area contributed by atoms with Crippen molar-refractivity contribution in [1.82, 2.24) is 15.1 Å². The molecule has 0 N–H and O–H groups in total. The van der Waals surface area contributed by atoms with Crippen LogP contribution in [0, 0.1) is 0 Å². The van der Waals surface area contributed by atoms with Gasteiger partial charge in [-0.1, -0.05) is 6.07 Å². The first-order valence-electron chi connectivity index (χ1n) is 5.89. The molecular formula is C12H15N3O3S. The van der Waals surface area contributed by atoms with Crippen LogP contribution in [-0.2, 0) is 16.1 Å². The lowest BCUT2D eigenvalue weighted by Crippen LogP contribution is -2.27. The Morgan fingerprint density at radius 2 is 2.37 bits per heavy atom. The Kier molecular flexibility index (Phi) is 4.64. The predicted molar refractivity (Wildman–Crippen MR) is 70.6 cm³/mol. The van der Waals surface area contributed by atoms with Crippen molar-refractivity contribution in [3.63, 3.8) is 0 Å².